The Balaban J connectivity index is 1.93. The highest BCUT2D eigenvalue weighted by Crippen LogP contribution is 2.18. The van der Waals surface area contributed by atoms with E-state index in [9.17, 15) is 0 Å². The van der Waals surface area contributed by atoms with Crippen LogP contribution in [-0.4, -0.2) is 0 Å². The summed E-state index contributed by atoms with van der Waals surface area (Å²) in [5.74, 6) is 0. The lowest BCUT2D eigenvalue weighted by atomic mass is 10.1. The van der Waals surface area contributed by atoms with Gasteiger partial charge in [0.25, 0.3) is 0 Å². The van der Waals surface area contributed by atoms with Crippen molar-refractivity contribution in [2.75, 3.05) is 0 Å². The molecule has 0 saturated heterocycles. The van der Waals surface area contributed by atoms with Crippen LogP contribution in [0.2, 0.25) is 0 Å². The summed E-state index contributed by atoms with van der Waals surface area (Å²) in [6.07, 6.45) is 0.0795. The summed E-state index contributed by atoms with van der Waals surface area (Å²) < 4.78 is 5.82. The number of ether oxygens (including phenoxy) is 1. The molecule has 1 nitrogen and oxygen atoms in total. The fourth-order valence-electron chi connectivity index (χ4n) is 1.65. The van der Waals surface area contributed by atoms with Gasteiger partial charge < -0.3 is 4.74 Å². The van der Waals surface area contributed by atoms with E-state index in [1.807, 2.05) is 24.3 Å². The number of aryl methyl sites for hydroxylation is 1. The van der Waals surface area contributed by atoms with Gasteiger partial charge in [-0.1, -0.05) is 54.1 Å². The van der Waals surface area contributed by atoms with Gasteiger partial charge in [0.2, 0.25) is 0 Å². The Labute approximate surface area is 103 Å². The van der Waals surface area contributed by atoms with Gasteiger partial charge in [0, 0.05) is 0 Å². The molecule has 0 saturated carbocycles. The third kappa shape index (κ3) is 3.43. The van der Waals surface area contributed by atoms with Crippen molar-refractivity contribution >= 4 is 0 Å². The SMILES string of the molecule is Cc1c[c]c(C(C)OCc2ccccc2)cc1. The molecule has 0 spiro atoms. The first kappa shape index (κ1) is 11.9. The molecule has 1 radical (unpaired) electrons. The zero-order valence-electron chi connectivity index (χ0n) is 10.3. The first-order chi connectivity index (χ1) is 8.25. The van der Waals surface area contributed by atoms with Crippen molar-refractivity contribution in [1.29, 1.82) is 0 Å². The Hall–Kier alpha value is -1.60. The topological polar surface area (TPSA) is 9.23 Å². The Morgan fingerprint density at radius 1 is 1.12 bits per heavy atom. The van der Waals surface area contributed by atoms with E-state index in [1.54, 1.807) is 0 Å². The Morgan fingerprint density at radius 2 is 1.88 bits per heavy atom. The van der Waals surface area contributed by atoms with E-state index in [0.29, 0.717) is 6.61 Å². The smallest absolute Gasteiger partial charge is 0.0807 e. The lowest BCUT2D eigenvalue weighted by molar-refractivity contribution is 0.0524. The second-order valence-electron chi connectivity index (χ2n) is 4.26. The zero-order valence-corrected chi connectivity index (χ0v) is 10.3. The summed E-state index contributed by atoms with van der Waals surface area (Å²) in [6, 6.07) is 19.6. The first-order valence-corrected chi connectivity index (χ1v) is 5.89. The second-order valence-corrected chi connectivity index (χ2v) is 4.26. The fourth-order valence-corrected chi connectivity index (χ4v) is 1.65. The highest BCUT2D eigenvalue weighted by molar-refractivity contribution is 5.21. The molecule has 1 atom stereocenters. The maximum absolute atomic E-state index is 5.82. The summed E-state index contributed by atoms with van der Waals surface area (Å²) in [4.78, 5) is 0. The van der Waals surface area contributed by atoms with E-state index in [2.05, 4.69) is 44.2 Å². The van der Waals surface area contributed by atoms with E-state index in [4.69, 9.17) is 4.74 Å². The van der Waals surface area contributed by atoms with E-state index < -0.39 is 0 Å². The van der Waals surface area contributed by atoms with Crippen molar-refractivity contribution in [1.82, 2.24) is 0 Å². The van der Waals surface area contributed by atoms with Crippen molar-refractivity contribution in [2.24, 2.45) is 0 Å². The monoisotopic (exact) mass is 225 g/mol. The van der Waals surface area contributed by atoms with Gasteiger partial charge >= 0.3 is 0 Å². The molecule has 0 bridgehead atoms. The van der Waals surface area contributed by atoms with Crippen LogP contribution >= 0.6 is 0 Å². The van der Waals surface area contributed by atoms with Gasteiger partial charge in [0.1, 0.15) is 0 Å². The molecule has 0 aliphatic rings. The van der Waals surface area contributed by atoms with Gasteiger partial charge in [-0.15, -0.1) is 0 Å². The van der Waals surface area contributed by atoms with Gasteiger partial charge in [-0.05, 0) is 31.0 Å². The van der Waals surface area contributed by atoms with Crippen LogP contribution < -0.4 is 0 Å². The second kappa shape index (κ2) is 5.65. The van der Waals surface area contributed by atoms with Crippen molar-refractivity contribution < 1.29 is 4.74 Å². The summed E-state index contributed by atoms with van der Waals surface area (Å²) in [5.41, 5.74) is 3.53. The van der Waals surface area contributed by atoms with E-state index in [-0.39, 0.29) is 6.10 Å². The van der Waals surface area contributed by atoms with Crippen LogP contribution in [0.15, 0.2) is 48.5 Å². The number of benzene rings is 2. The van der Waals surface area contributed by atoms with Crippen LogP contribution in [0, 0.1) is 13.0 Å². The van der Waals surface area contributed by atoms with Crippen LogP contribution in [0.3, 0.4) is 0 Å². The maximum Gasteiger partial charge on any atom is 0.0807 e. The summed E-state index contributed by atoms with van der Waals surface area (Å²) in [7, 11) is 0. The van der Waals surface area contributed by atoms with E-state index in [0.717, 1.165) is 5.56 Å². The Bertz CT molecular complexity index is 445. The molecule has 0 aliphatic carbocycles. The molecular formula is C16H17O. The van der Waals surface area contributed by atoms with Crippen LogP contribution in [0.25, 0.3) is 0 Å². The minimum absolute atomic E-state index is 0.0795. The number of hydrogen-bond donors (Lipinski definition) is 0. The molecular weight excluding hydrogens is 208 g/mol. The van der Waals surface area contributed by atoms with Crippen molar-refractivity contribution in [3.63, 3.8) is 0 Å². The molecule has 17 heavy (non-hydrogen) atoms. The molecule has 1 heteroatoms. The molecule has 0 heterocycles. The molecule has 1 unspecified atom stereocenters. The van der Waals surface area contributed by atoms with E-state index in [1.165, 1.54) is 11.1 Å². The summed E-state index contributed by atoms with van der Waals surface area (Å²) in [6.45, 7) is 4.77. The van der Waals surface area contributed by atoms with Crippen molar-refractivity contribution in [3.05, 3.63) is 71.3 Å². The third-order valence-corrected chi connectivity index (χ3v) is 2.77. The molecule has 2 aromatic rings. The third-order valence-electron chi connectivity index (χ3n) is 2.77. The average Bonchev–Trinajstić information content (AvgIpc) is 2.38. The fraction of sp³-hybridized carbons (Fsp3) is 0.250. The quantitative estimate of drug-likeness (QED) is 0.762. The summed E-state index contributed by atoms with van der Waals surface area (Å²) >= 11 is 0. The summed E-state index contributed by atoms with van der Waals surface area (Å²) in [5, 5.41) is 0. The molecule has 0 aromatic heterocycles. The highest BCUT2D eigenvalue weighted by Gasteiger charge is 2.05. The van der Waals surface area contributed by atoms with Crippen LogP contribution in [0.1, 0.15) is 29.7 Å². The van der Waals surface area contributed by atoms with Crippen LogP contribution in [-0.2, 0) is 11.3 Å². The highest BCUT2D eigenvalue weighted by atomic mass is 16.5. The molecule has 0 N–H and O–H groups in total. The van der Waals surface area contributed by atoms with Gasteiger partial charge in [-0.2, -0.15) is 0 Å². The van der Waals surface area contributed by atoms with Crippen molar-refractivity contribution in [2.45, 2.75) is 26.6 Å². The normalized spacial score (nSPS) is 12.4. The Morgan fingerprint density at radius 3 is 2.53 bits per heavy atom. The number of rotatable bonds is 4. The minimum Gasteiger partial charge on any atom is -0.369 e. The molecule has 87 valence electrons. The maximum atomic E-state index is 5.82. The molecule has 0 fully saturated rings. The predicted molar refractivity (Wildman–Crippen MR) is 69.7 cm³/mol. The molecule has 0 amide bonds. The first-order valence-electron chi connectivity index (χ1n) is 5.89. The van der Waals surface area contributed by atoms with Gasteiger partial charge in [-0.25, -0.2) is 0 Å². The molecule has 0 aliphatic heterocycles. The lowest BCUT2D eigenvalue weighted by Gasteiger charge is -2.13. The van der Waals surface area contributed by atoms with E-state index >= 15 is 0 Å². The molecule has 2 rings (SSSR count). The minimum atomic E-state index is 0.0795. The van der Waals surface area contributed by atoms with Gasteiger partial charge in [-0.3, -0.25) is 0 Å². The largest absolute Gasteiger partial charge is 0.369 e. The van der Waals surface area contributed by atoms with Crippen molar-refractivity contribution in [3.8, 4) is 0 Å². The van der Waals surface area contributed by atoms with Gasteiger partial charge in [0.05, 0.1) is 12.7 Å². The van der Waals surface area contributed by atoms with Gasteiger partial charge in [0.15, 0.2) is 0 Å². The average molecular weight is 225 g/mol. The number of hydrogen-bond acceptors (Lipinski definition) is 1. The van der Waals surface area contributed by atoms with Crippen LogP contribution in [0.5, 0.6) is 0 Å². The van der Waals surface area contributed by atoms with Crippen LogP contribution in [0.4, 0.5) is 0 Å². The predicted octanol–water partition coefficient (Wildman–Crippen LogP) is 4.07. The molecule has 2 aromatic carbocycles. The standard InChI is InChI=1S/C16H17O/c1-13-8-10-16(11-9-13)14(2)17-12-15-6-4-3-5-7-15/h3-10,14H,12H2,1-2H3. The Kier molecular flexibility index (Phi) is 3.94. The lowest BCUT2D eigenvalue weighted by Crippen LogP contribution is -2.00. The zero-order chi connectivity index (χ0) is 12.1.